The monoisotopic (exact) mass is 137 g/mol. The van der Waals surface area contributed by atoms with Crippen molar-refractivity contribution in [2.45, 2.75) is 12.8 Å². The molecule has 1 aliphatic carbocycles. The van der Waals surface area contributed by atoms with Gasteiger partial charge in [-0.15, -0.1) is 0 Å². The smallest absolute Gasteiger partial charge is 0.416 e. The number of nitriles is 1. The summed E-state index contributed by atoms with van der Waals surface area (Å²) in [5, 5.41) is 7.95. The highest BCUT2D eigenvalue weighted by atomic mass is 16.5. The third kappa shape index (κ3) is 1.94. The Morgan fingerprint density at radius 3 is 2.70 bits per heavy atom. The minimum Gasteiger partial charge on any atom is -0.420 e. The van der Waals surface area contributed by atoms with E-state index in [-0.39, 0.29) is 8.41 Å². The summed E-state index contributed by atoms with van der Waals surface area (Å²) in [5.74, 6) is -0.192. The van der Waals surface area contributed by atoms with E-state index in [9.17, 15) is 4.79 Å². The van der Waals surface area contributed by atoms with Crippen molar-refractivity contribution in [3.05, 3.63) is 11.8 Å². The van der Waals surface area contributed by atoms with Gasteiger partial charge in [0.1, 0.15) is 5.76 Å². The molecular weight excluding hydrogens is 129 g/mol. The van der Waals surface area contributed by atoms with Crippen molar-refractivity contribution in [1.82, 2.24) is 0 Å². The summed E-state index contributed by atoms with van der Waals surface area (Å²) < 4.78 is 4.50. The number of allylic oxidation sites excluding steroid dienone is 2. The maximum atomic E-state index is 10.2. The van der Waals surface area contributed by atoms with Gasteiger partial charge in [-0.2, -0.15) is 5.26 Å². The normalized spacial score (nSPS) is 13.3. The van der Waals surface area contributed by atoms with Gasteiger partial charge in [0.25, 0.3) is 0 Å². The number of rotatable bonds is 1. The largest absolute Gasteiger partial charge is 0.420 e. The van der Waals surface area contributed by atoms with Crippen LogP contribution in [-0.2, 0) is 9.53 Å². The van der Waals surface area contributed by atoms with Crippen molar-refractivity contribution in [2.24, 2.45) is 0 Å². The third-order valence-corrected chi connectivity index (χ3v) is 1.08. The zero-order valence-corrected chi connectivity index (χ0v) is 4.76. The molecule has 0 radical (unpaired) electrons. The Morgan fingerprint density at radius 2 is 2.40 bits per heavy atom. The van der Waals surface area contributed by atoms with Gasteiger partial charge >= 0.3 is 5.97 Å². The van der Waals surface area contributed by atoms with E-state index in [0.29, 0.717) is 5.76 Å². The van der Waals surface area contributed by atoms with Crippen molar-refractivity contribution < 1.29 is 9.53 Å². The highest BCUT2D eigenvalue weighted by Gasteiger charge is 2.10. The average molecular weight is 137 g/mol. The number of hydrogen-bond donors (Lipinski definition) is 0. The number of carbonyl (C=O) groups is 1. The quantitative estimate of drug-likeness (QED) is 0.279. The Labute approximate surface area is 60.9 Å². The molecule has 1 rings (SSSR count). The molecule has 0 N–H and O–H groups in total. The van der Waals surface area contributed by atoms with Gasteiger partial charge in [0.05, 0.1) is 8.41 Å². The second-order valence-corrected chi connectivity index (χ2v) is 1.71. The van der Waals surface area contributed by atoms with E-state index in [4.69, 9.17) is 5.26 Å². The fourth-order valence-corrected chi connectivity index (χ4v) is 0.497. The topological polar surface area (TPSA) is 50.1 Å². The molecule has 1 aliphatic rings. The van der Waals surface area contributed by atoms with E-state index in [1.54, 1.807) is 6.08 Å². The fraction of sp³-hybridized carbons (Fsp3) is 0.333. The van der Waals surface area contributed by atoms with Gasteiger partial charge in [0.2, 0.25) is 0 Å². The van der Waals surface area contributed by atoms with Gasteiger partial charge in [-0.05, 0) is 12.5 Å². The van der Waals surface area contributed by atoms with Crippen LogP contribution in [0.2, 0.25) is 0 Å². The molecule has 0 aliphatic heterocycles. The zero-order chi connectivity index (χ0) is 6.69. The SMILES string of the molecule is B.N#CC(=O)OC1=CCC1. The molecule has 0 unspecified atom stereocenters. The van der Waals surface area contributed by atoms with E-state index in [1.165, 1.54) is 6.07 Å². The molecule has 0 spiro atoms. The van der Waals surface area contributed by atoms with Crippen LogP contribution < -0.4 is 0 Å². The zero-order valence-electron chi connectivity index (χ0n) is 4.76. The molecule has 10 heavy (non-hydrogen) atoms. The number of hydrogen-bond acceptors (Lipinski definition) is 3. The molecule has 0 aromatic rings. The van der Waals surface area contributed by atoms with Gasteiger partial charge in [-0.3, -0.25) is 0 Å². The van der Waals surface area contributed by atoms with Crippen LogP contribution >= 0.6 is 0 Å². The molecular formula is C6H8BNO2. The minimum atomic E-state index is -0.819. The lowest BCUT2D eigenvalue weighted by Crippen LogP contribution is -2.05. The molecule has 3 nitrogen and oxygen atoms in total. The Kier molecular flexibility index (Phi) is 3.27. The molecule has 4 heteroatoms. The Morgan fingerprint density at radius 1 is 1.80 bits per heavy atom. The van der Waals surface area contributed by atoms with Gasteiger partial charge in [-0.25, -0.2) is 4.79 Å². The number of esters is 1. The van der Waals surface area contributed by atoms with Crippen molar-refractivity contribution >= 4 is 14.4 Å². The van der Waals surface area contributed by atoms with Crippen molar-refractivity contribution in [3.8, 4) is 6.07 Å². The molecule has 0 saturated carbocycles. The van der Waals surface area contributed by atoms with Crippen molar-refractivity contribution in [1.29, 1.82) is 5.26 Å². The highest BCUT2D eigenvalue weighted by Crippen LogP contribution is 2.18. The fourth-order valence-electron chi connectivity index (χ4n) is 0.497. The number of ether oxygens (including phenoxy) is 1. The van der Waals surface area contributed by atoms with Crippen LogP contribution in [0.1, 0.15) is 12.8 Å². The van der Waals surface area contributed by atoms with Crippen LogP contribution in [0.15, 0.2) is 11.8 Å². The summed E-state index contributed by atoms with van der Waals surface area (Å²) in [6.45, 7) is 0. The van der Waals surface area contributed by atoms with Crippen LogP contribution in [-0.4, -0.2) is 14.4 Å². The number of nitrogens with zero attached hydrogens (tertiary/aromatic N) is 1. The van der Waals surface area contributed by atoms with Crippen molar-refractivity contribution in [3.63, 3.8) is 0 Å². The first-order valence-corrected chi connectivity index (χ1v) is 2.64. The van der Waals surface area contributed by atoms with E-state index in [1.807, 2.05) is 0 Å². The van der Waals surface area contributed by atoms with Gasteiger partial charge < -0.3 is 4.74 Å². The Balaban J connectivity index is 0.000000810. The second-order valence-electron chi connectivity index (χ2n) is 1.71. The van der Waals surface area contributed by atoms with Crippen LogP contribution in [0.25, 0.3) is 0 Å². The molecule has 0 atom stereocenters. The first-order chi connectivity index (χ1) is 4.33. The highest BCUT2D eigenvalue weighted by molar-refractivity contribution is 5.86. The summed E-state index contributed by atoms with van der Waals surface area (Å²) in [6, 6.07) is 1.36. The van der Waals surface area contributed by atoms with Crippen LogP contribution in [0.3, 0.4) is 0 Å². The maximum absolute atomic E-state index is 10.2. The van der Waals surface area contributed by atoms with E-state index < -0.39 is 5.97 Å². The minimum absolute atomic E-state index is 0. The Hall–Kier alpha value is -1.24. The van der Waals surface area contributed by atoms with Gasteiger partial charge in [0.15, 0.2) is 6.07 Å². The molecule has 0 aromatic heterocycles. The summed E-state index contributed by atoms with van der Waals surface area (Å²) >= 11 is 0. The summed E-state index contributed by atoms with van der Waals surface area (Å²) in [5.41, 5.74) is 0. The first kappa shape index (κ1) is 8.76. The van der Waals surface area contributed by atoms with Gasteiger partial charge in [0, 0.05) is 6.42 Å². The molecule has 0 aromatic carbocycles. The van der Waals surface area contributed by atoms with E-state index in [2.05, 4.69) is 4.74 Å². The lowest BCUT2D eigenvalue weighted by Gasteiger charge is -2.10. The molecule has 0 saturated heterocycles. The maximum Gasteiger partial charge on any atom is 0.416 e. The lowest BCUT2D eigenvalue weighted by molar-refractivity contribution is -0.133. The molecule has 0 bridgehead atoms. The van der Waals surface area contributed by atoms with Crippen LogP contribution in [0.4, 0.5) is 0 Å². The molecule has 0 amide bonds. The van der Waals surface area contributed by atoms with E-state index >= 15 is 0 Å². The standard InChI is InChI=1S/C6H5NO2.BH3/c7-4-6(8)9-5-2-1-3-5;/h2H,1,3H2;1H3. The van der Waals surface area contributed by atoms with E-state index in [0.717, 1.165) is 12.8 Å². The number of carbonyl (C=O) groups excluding carboxylic acids is 1. The average Bonchev–Trinajstić information content (AvgIpc) is 1.78. The van der Waals surface area contributed by atoms with Gasteiger partial charge in [-0.1, -0.05) is 0 Å². The molecule has 52 valence electrons. The molecule has 0 fully saturated rings. The molecule has 0 heterocycles. The van der Waals surface area contributed by atoms with Crippen molar-refractivity contribution in [2.75, 3.05) is 0 Å². The third-order valence-electron chi connectivity index (χ3n) is 1.08. The lowest BCUT2D eigenvalue weighted by atomic mass is 10.1. The van der Waals surface area contributed by atoms with Crippen LogP contribution in [0.5, 0.6) is 0 Å². The first-order valence-electron chi connectivity index (χ1n) is 2.64. The summed E-state index contributed by atoms with van der Waals surface area (Å²) in [4.78, 5) is 10.2. The summed E-state index contributed by atoms with van der Waals surface area (Å²) in [6.07, 6.45) is 3.52. The second kappa shape index (κ2) is 3.73. The summed E-state index contributed by atoms with van der Waals surface area (Å²) in [7, 11) is 0. The predicted octanol–water partition coefficient (Wildman–Crippen LogP) is -0.453. The Bertz CT molecular complexity index is 204. The predicted molar refractivity (Wildman–Crippen MR) is 39.0 cm³/mol. The van der Waals surface area contributed by atoms with Crippen LogP contribution in [0, 0.1) is 11.3 Å².